The molecule has 1 aromatic rings. The van der Waals surface area contributed by atoms with Crippen LogP contribution in [0.25, 0.3) is 0 Å². The lowest BCUT2D eigenvalue weighted by atomic mass is 10.1. The first kappa shape index (κ1) is 14.2. The van der Waals surface area contributed by atoms with Crippen molar-refractivity contribution in [2.45, 2.75) is 18.9 Å². The van der Waals surface area contributed by atoms with E-state index in [2.05, 4.69) is 10.3 Å². The maximum atomic E-state index is 12.0. The van der Waals surface area contributed by atoms with Gasteiger partial charge in [0.2, 0.25) is 5.91 Å². The minimum Gasteiger partial charge on any atom is -0.329 e. The van der Waals surface area contributed by atoms with Gasteiger partial charge in [-0.05, 0) is 37.9 Å². The summed E-state index contributed by atoms with van der Waals surface area (Å²) in [6.07, 6.45) is 4.01. The number of nitrogens with one attached hydrogen (secondary N) is 1. The van der Waals surface area contributed by atoms with Gasteiger partial charge in [-0.25, -0.2) is 4.98 Å². The van der Waals surface area contributed by atoms with Gasteiger partial charge in [0.1, 0.15) is 0 Å². The summed E-state index contributed by atoms with van der Waals surface area (Å²) in [4.78, 5) is 17.9. The van der Waals surface area contributed by atoms with Crippen LogP contribution in [0.2, 0.25) is 5.15 Å². The van der Waals surface area contributed by atoms with Gasteiger partial charge in [0.25, 0.3) is 0 Å². The first-order valence-electron chi connectivity index (χ1n) is 6.42. The first-order valence-corrected chi connectivity index (χ1v) is 6.80. The summed E-state index contributed by atoms with van der Waals surface area (Å²) in [5.41, 5.74) is 6.30. The maximum absolute atomic E-state index is 12.0. The third kappa shape index (κ3) is 3.89. The van der Waals surface area contributed by atoms with E-state index in [9.17, 15) is 4.79 Å². The zero-order valence-corrected chi connectivity index (χ0v) is 11.7. The van der Waals surface area contributed by atoms with Crippen molar-refractivity contribution in [3.05, 3.63) is 23.5 Å². The highest BCUT2D eigenvalue weighted by Gasteiger charge is 2.33. The average molecular weight is 283 g/mol. The Morgan fingerprint density at radius 1 is 1.68 bits per heavy atom. The monoisotopic (exact) mass is 282 g/mol. The number of halogens is 1. The zero-order valence-electron chi connectivity index (χ0n) is 11.0. The van der Waals surface area contributed by atoms with Gasteiger partial charge in [0, 0.05) is 18.8 Å². The van der Waals surface area contributed by atoms with Crippen LogP contribution in [0, 0.1) is 5.92 Å². The van der Waals surface area contributed by atoms with Gasteiger partial charge in [-0.2, -0.15) is 0 Å². The number of carbonyl (C=O) groups is 1. The van der Waals surface area contributed by atoms with E-state index in [1.165, 1.54) is 12.8 Å². The summed E-state index contributed by atoms with van der Waals surface area (Å²) in [5, 5.41) is 3.07. The van der Waals surface area contributed by atoms with Crippen LogP contribution in [0.5, 0.6) is 0 Å². The predicted molar refractivity (Wildman–Crippen MR) is 76.1 cm³/mol. The van der Waals surface area contributed by atoms with E-state index < -0.39 is 0 Å². The van der Waals surface area contributed by atoms with Gasteiger partial charge < -0.3 is 11.1 Å². The van der Waals surface area contributed by atoms with Gasteiger partial charge >= 0.3 is 0 Å². The van der Waals surface area contributed by atoms with E-state index >= 15 is 0 Å². The molecule has 0 aliphatic heterocycles. The van der Waals surface area contributed by atoms with Crippen LogP contribution in [-0.4, -0.2) is 42.0 Å². The highest BCUT2D eigenvalue weighted by Crippen LogP contribution is 2.34. The molecule has 3 N–H and O–H groups in total. The summed E-state index contributed by atoms with van der Waals surface area (Å²) in [5.74, 6) is 0.543. The third-order valence-electron chi connectivity index (χ3n) is 3.40. The van der Waals surface area contributed by atoms with E-state index in [0.717, 1.165) is 0 Å². The van der Waals surface area contributed by atoms with Crippen molar-refractivity contribution in [3.8, 4) is 0 Å². The van der Waals surface area contributed by atoms with Crippen molar-refractivity contribution < 1.29 is 4.79 Å². The molecule has 5 nitrogen and oxygen atoms in total. The number of nitrogens with zero attached hydrogens (tertiary/aromatic N) is 2. The molecule has 0 aromatic carbocycles. The molecule has 1 unspecified atom stereocenters. The van der Waals surface area contributed by atoms with Crippen molar-refractivity contribution >= 4 is 23.2 Å². The highest BCUT2D eigenvalue weighted by atomic mass is 35.5. The molecular weight excluding hydrogens is 264 g/mol. The third-order valence-corrected chi connectivity index (χ3v) is 3.70. The molecule has 2 rings (SSSR count). The van der Waals surface area contributed by atoms with Crippen LogP contribution in [0.4, 0.5) is 5.69 Å². The number of nitrogens with two attached hydrogens (primary N) is 1. The molecule has 0 radical (unpaired) electrons. The average Bonchev–Trinajstić information content (AvgIpc) is 3.17. The summed E-state index contributed by atoms with van der Waals surface area (Å²) in [6, 6.07) is 3.75. The van der Waals surface area contributed by atoms with E-state index in [4.69, 9.17) is 17.3 Å². The quantitative estimate of drug-likeness (QED) is 0.773. The van der Waals surface area contributed by atoms with E-state index in [1.54, 1.807) is 18.3 Å². The number of aromatic nitrogens is 1. The number of hydrogen-bond acceptors (Lipinski definition) is 4. The van der Waals surface area contributed by atoms with E-state index in [-0.39, 0.29) is 11.9 Å². The molecule has 0 saturated heterocycles. The Morgan fingerprint density at radius 3 is 3.00 bits per heavy atom. The molecule has 19 heavy (non-hydrogen) atoms. The van der Waals surface area contributed by atoms with Crippen molar-refractivity contribution in [1.29, 1.82) is 0 Å². The van der Waals surface area contributed by atoms with Crippen molar-refractivity contribution in [2.24, 2.45) is 11.7 Å². The van der Waals surface area contributed by atoms with E-state index in [1.807, 2.05) is 11.9 Å². The van der Waals surface area contributed by atoms with Gasteiger partial charge in [-0.3, -0.25) is 9.69 Å². The second kappa shape index (κ2) is 6.32. The van der Waals surface area contributed by atoms with Crippen LogP contribution in [0.3, 0.4) is 0 Å². The van der Waals surface area contributed by atoms with Crippen molar-refractivity contribution in [3.63, 3.8) is 0 Å². The smallest absolute Gasteiger partial charge is 0.238 e. The first-order chi connectivity index (χ1) is 9.11. The molecule has 0 spiro atoms. The van der Waals surface area contributed by atoms with Gasteiger partial charge in [-0.15, -0.1) is 0 Å². The fourth-order valence-electron chi connectivity index (χ4n) is 2.23. The summed E-state index contributed by atoms with van der Waals surface area (Å²) in [7, 11) is 1.93. The Bertz CT molecular complexity index is 450. The SMILES string of the molecule is CN(CC(=O)Nc1cccnc1Cl)C(CN)C1CC1. The molecule has 6 heteroatoms. The molecule has 1 saturated carbocycles. The fourth-order valence-corrected chi connectivity index (χ4v) is 2.39. The van der Waals surface area contributed by atoms with Crippen molar-refractivity contribution in [1.82, 2.24) is 9.88 Å². The van der Waals surface area contributed by atoms with E-state index in [0.29, 0.717) is 29.8 Å². The summed E-state index contributed by atoms with van der Waals surface area (Å²) in [6.45, 7) is 0.895. The molecule has 1 atom stereocenters. The molecule has 1 fully saturated rings. The van der Waals surface area contributed by atoms with Gasteiger partial charge in [0.05, 0.1) is 12.2 Å². The second-order valence-corrected chi connectivity index (χ2v) is 5.30. The van der Waals surface area contributed by atoms with Crippen LogP contribution in [-0.2, 0) is 4.79 Å². The molecule has 104 valence electrons. The Labute approximate surface area is 118 Å². The number of amides is 1. The Morgan fingerprint density at radius 2 is 2.42 bits per heavy atom. The van der Waals surface area contributed by atoms with Crippen LogP contribution < -0.4 is 11.1 Å². The minimum atomic E-state index is -0.100. The van der Waals surface area contributed by atoms with Crippen LogP contribution in [0.15, 0.2) is 18.3 Å². The minimum absolute atomic E-state index is 0.100. The largest absolute Gasteiger partial charge is 0.329 e. The number of likely N-dealkylation sites (N-methyl/N-ethyl adjacent to an activating group) is 1. The lowest BCUT2D eigenvalue weighted by Gasteiger charge is -2.26. The Hall–Kier alpha value is -1.17. The lowest BCUT2D eigenvalue weighted by Crippen LogP contribution is -2.43. The van der Waals surface area contributed by atoms with Gasteiger partial charge in [-0.1, -0.05) is 11.6 Å². The molecule has 1 heterocycles. The number of anilines is 1. The molecule has 1 amide bonds. The summed E-state index contributed by atoms with van der Waals surface area (Å²) >= 11 is 5.90. The van der Waals surface area contributed by atoms with Crippen LogP contribution in [0.1, 0.15) is 12.8 Å². The van der Waals surface area contributed by atoms with Crippen LogP contribution >= 0.6 is 11.6 Å². The Balaban J connectivity index is 1.88. The van der Waals surface area contributed by atoms with Crippen molar-refractivity contribution in [2.75, 3.05) is 25.5 Å². The highest BCUT2D eigenvalue weighted by molar-refractivity contribution is 6.32. The zero-order chi connectivity index (χ0) is 13.8. The molecule has 1 aliphatic rings. The normalized spacial score (nSPS) is 16.4. The number of carbonyl (C=O) groups excluding carboxylic acids is 1. The Kier molecular flexibility index (Phi) is 4.74. The topological polar surface area (TPSA) is 71.2 Å². The molecule has 1 aromatic heterocycles. The predicted octanol–water partition coefficient (Wildman–Crippen LogP) is 1.34. The molecule has 0 bridgehead atoms. The summed E-state index contributed by atoms with van der Waals surface area (Å²) < 4.78 is 0. The molecule has 1 aliphatic carbocycles. The lowest BCUT2D eigenvalue weighted by molar-refractivity contribution is -0.117. The number of hydrogen-bond donors (Lipinski definition) is 2. The molecular formula is C13H19ClN4O. The fraction of sp³-hybridized carbons (Fsp3) is 0.538. The standard InChI is InChI=1S/C13H19ClN4O/c1-18(11(7-15)9-4-5-9)8-12(19)17-10-3-2-6-16-13(10)14/h2-3,6,9,11H,4-5,7-8,15H2,1H3,(H,17,19). The maximum Gasteiger partial charge on any atom is 0.238 e. The number of rotatable bonds is 6. The second-order valence-electron chi connectivity index (χ2n) is 4.95. The number of pyridine rings is 1. The van der Waals surface area contributed by atoms with Gasteiger partial charge in [0.15, 0.2) is 5.15 Å².